The van der Waals surface area contributed by atoms with Crippen molar-refractivity contribution in [3.63, 3.8) is 0 Å². The van der Waals surface area contributed by atoms with Gasteiger partial charge in [0.2, 0.25) is 0 Å². The Morgan fingerprint density at radius 1 is 1.40 bits per heavy atom. The quantitative estimate of drug-likeness (QED) is 0.710. The summed E-state index contributed by atoms with van der Waals surface area (Å²) >= 11 is 0. The highest BCUT2D eigenvalue weighted by Crippen LogP contribution is 2.26. The van der Waals surface area contributed by atoms with Crippen LogP contribution in [0.15, 0.2) is 24.5 Å². The smallest absolute Gasteiger partial charge is 0.151 e. The minimum atomic E-state index is -0.277. The predicted molar refractivity (Wildman–Crippen MR) is 72.5 cm³/mol. The minimum Gasteiger partial charge on any atom is -0.347 e. The predicted octanol–water partition coefficient (Wildman–Crippen LogP) is 1.82. The Bertz CT molecular complexity index is 788. The molecule has 0 amide bonds. The molecule has 5 nitrogen and oxygen atoms in total. The highest BCUT2D eigenvalue weighted by Gasteiger charge is 2.25. The number of rotatable bonds is 1. The Kier molecular flexibility index (Phi) is 2.40. The summed E-state index contributed by atoms with van der Waals surface area (Å²) in [5.74, 6) is 0.569. The molecule has 6 heteroatoms. The maximum absolute atomic E-state index is 13.8. The summed E-state index contributed by atoms with van der Waals surface area (Å²) < 4.78 is 15.8. The molecular formula is C14H14FN5. The summed E-state index contributed by atoms with van der Waals surface area (Å²) in [5, 5.41) is 3.42. The lowest BCUT2D eigenvalue weighted by molar-refractivity contribution is 0.459. The molecule has 0 fully saturated rings. The van der Waals surface area contributed by atoms with Crippen molar-refractivity contribution in [3.05, 3.63) is 47.6 Å². The SMILES string of the molecule is Cn1c(C2Cc3nc[nH]c3CN2)nc2c(F)cccc21. The van der Waals surface area contributed by atoms with Crippen molar-refractivity contribution in [2.45, 2.75) is 19.0 Å². The van der Waals surface area contributed by atoms with Crippen molar-refractivity contribution < 1.29 is 4.39 Å². The number of aromatic amines is 1. The summed E-state index contributed by atoms with van der Waals surface area (Å²) in [6.07, 6.45) is 2.47. The Hall–Kier alpha value is -2.21. The molecule has 4 rings (SSSR count). The van der Waals surface area contributed by atoms with Gasteiger partial charge in [-0.05, 0) is 12.1 Å². The van der Waals surface area contributed by atoms with Gasteiger partial charge in [0.15, 0.2) is 5.82 Å². The topological polar surface area (TPSA) is 58.5 Å². The van der Waals surface area contributed by atoms with Crippen LogP contribution in [0.4, 0.5) is 4.39 Å². The van der Waals surface area contributed by atoms with Crippen LogP contribution in [0.2, 0.25) is 0 Å². The number of halogens is 1. The second kappa shape index (κ2) is 4.14. The minimum absolute atomic E-state index is 0.0580. The molecule has 3 heterocycles. The van der Waals surface area contributed by atoms with Crippen LogP contribution in [0.1, 0.15) is 23.3 Å². The molecule has 1 aliphatic heterocycles. The number of aromatic nitrogens is 4. The third-order valence-electron chi connectivity index (χ3n) is 3.94. The number of nitrogens with one attached hydrogen (secondary N) is 2. The van der Waals surface area contributed by atoms with E-state index in [-0.39, 0.29) is 11.9 Å². The van der Waals surface area contributed by atoms with E-state index in [0.717, 1.165) is 35.7 Å². The standard InChI is InChI=1S/C14H14FN5/c1-20-12-4-2-3-8(15)13(12)19-14(20)10-5-9-11(6-16-10)18-7-17-9/h2-4,7,10,16H,5-6H2,1H3,(H,17,18). The number of aryl methyl sites for hydroxylation is 1. The van der Waals surface area contributed by atoms with E-state index in [1.54, 1.807) is 12.4 Å². The zero-order chi connectivity index (χ0) is 13.7. The number of fused-ring (bicyclic) bond motifs is 2. The molecule has 0 spiro atoms. The molecule has 102 valence electrons. The van der Waals surface area contributed by atoms with Crippen molar-refractivity contribution in [2.24, 2.45) is 7.05 Å². The number of hydrogen-bond acceptors (Lipinski definition) is 3. The lowest BCUT2D eigenvalue weighted by atomic mass is 10.1. The van der Waals surface area contributed by atoms with Crippen molar-refractivity contribution in [2.75, 3.05) is 0 Å². The van der Waals surface area contributed by atoms with Gasteiger partial charge in [0.25, 0.3) is 0 Å². The van der Waals surface area contributed by atoms with Crippen LogP contribution in [0.25, 0.3) is 11.0 Å². The van der Waals surface area contributed by atoms with Crippen LogP contribution in [0.5, 0.6) is 0 Å². The van der Waals surface area contributed by atoms with Crippen molar-refractivity contribution >= 4 is 11.0 Å². The third-order valence-corrected chi connectivity index (χ3v) is 3.94. The second-order valence-corrected chi connectivity index (χ2v) is 5.10. The zero-order valence-corrected chi connectivity index (χ0v) is 11.0. The van der Waals surface area contributed by atoms with E-state index in [1.807, 2.05) is 17.7 Å². The molecule has 0 bridgehead atoms. The number of hydrogen-bond donors (Lipinski definition) is 2. The van der Waals surface area contributed by atoms with Gasteiger partial charge in [-0.25, -0.2) is 14.4 Å². The van der Waals surface area contributed by atoms with Crippen molar-refractivity contribution in [1.29, 1.82) is 0 Å². The van der Waals surface area contributed by atoms with E-state index in [0.29, 0.717) is 5.52 Å². The second-order valence-electron chi connectivity index (χ2n) is 5.10. The molecule has 3 aromatic rings. The zero-order valence-electron chi connectivity index (χ0n) is 11.0. The molecule has 2 N–H and O–H groups in total. The fraction of sp³-hybridized carbons (Fsp3) is 0.286. The molecule has 0 saturated heterocycles. The van der Waals surface area contributed by atoms with Gasteiger partial charge >= 0.3 is 0 Å². The Morgan fingerprint density at radius 3 is 3.15 bits per heavy atom. The summed E-state index contributed by atoms with van der Waals surface area (Å²) in [4.78, 5) is 11.9. The molecule has 0 saturated carbocycles. The number of H-pyrrole nitrogens is 1. The van der Waals surface area contributed by atoms with Gasteiger partial charge in [-0.1, -0.05) is 6.07 Å². The highest BCUT2D eigenvalue weighted by atomic mass is 19.1. The average Bonchev–Trinajstić information content (AvgIpc) is 3.04. The van der Waals surface area contributed by atoms with E-state index in [4.69, 9.17) is 0 Å². The van der Waals surface area contributed by atoms with E-state index >= 15 is 0 Å². The van der Waals surface area contributed by atoms with Gasteiger partial charge in [-0.2, -0.15) is 0 Å². The Labute approximate surface area is 114 Å². The fourth-order valence-corrected chi connectivity index (χ4v) is 2.86. The highest BCUT2D eigenvalue weighted by molar-refractivity contribution is 5.76. The summed E-state index contributed by atoms with van der Waals surface area (Å²) in [6.45, 7) is 0.728. The monoisotopic (exact) mass is 271 g/mol. The van der Waals surface area contributed by atoms with Crippen LogP contribution in [0.3, 0.4) is 0 Å². The average molecular weight is 271 g/mol. The summed E-state index contributed by atoms with van der Waals surface area (Å²) in [6, 6.07) is 5.10. The lowest BCUT2D eigenvalue weighted by Crippen LogP contribution is -2.30. The maximum Gasteiger partial charge on any atom is 0.151 e. The largest absolute Gasteiger partial charge is 0.347 e. The molecule has 1 unspecified atom stereocenters. The fourth-order valence-electron chi connectivity index (χ4n) is 2.86. The molecule has 0 aliphatic carbocycles. The molecule has 1 aromatic carbocycles. The van der Waals surface area contributed by atoms with Gasteiger partial charge in [0.1, 0.15) is 11.3 Å². The summed E-state index contributed by atoms with van der Waals surface area (Å²) in [5.41, 5.74) is 3.42. The molecule has 2 aromatic heterocycles. The number of nitrogens with zero attached hydrogens (tertiary/aromatic N) is 3. The number of benzene rings is 1. The van der Waals surface area contributed by atoms with Crippen LogP contribution in [0, 0.1) is 5.82 Å². The maximum atomic E-state index is 13.8. The molecule has 1 atom stereocenters. The first-order chi connectivity index (χ1) is 9.74. The Balaban J connectivity index is 1.80. The van der Waals surface area contributed by atoms with Gasteiger partial charge in [0.05, 0.1) is 29.3 Å². The van der Waals surface area contributed by atoms with Crippen molar-refractivity contribution in [3.8, 4) is 0 Å². The lowest BCUT2D eigenvalue weighted by Gasteiger charge is -2.22. The van der Waals surface area contributed by atoms with Crippen LogP contribution in [-0.2, 0) is 20.0 Å². The van der Waals surface area contributed by atoms with E-state index in [1.165, 1.54) is 6.07 Å². The molecule has 1 aliphatic rings. The normalized spacial score (nSPS) is 18.4. The van der Waals surface area contributed by atoms with Gasteiger partial charge < -0.3 is 14.9 Å². The molecule has 0 radical (unpaired) electrons. The first kappa shape index (κ1) is 11.6. The van der Waals surface area contributed by atoms with E-state index in [2.05, 4.69) is 20.3 Å². The molecular weight excluding hydrogens is 257 g/mol. The molecule has 20 heavy (non-hydrogen) atoms. The van der Waals surface area contributed by atoms with Crippen LogP contribution < -0.4 is 5.32 Å². The van der Waals surface area contributed by atoms with Crippen molar-refractivity contribution in [1.82, 2.24) is 24.8 Å². The van der Waals surface area contributed by atoms with E-state index in [9.17, 15) is 4.39 Å². The van der Waals surface area contributed by atoms with Gasteiger partial charge in [-0.3, -0.25) is 0 Å². The van der Waals surface area contributed by atoms with E-state index < -0.39 is 0 Å². The van der Waals surface area contributed by atoms with Gasteiger partial charge in [0, 0.05) is 20.0 Å². The van der Waals surface area contributed by atoms with Crippen LogP contribution in [-0.4, -0.2) is 19.5 Å². The number of para-hydroxylation sites is 1. The number of imidazole rings is 2. The Morgan fingerprint density at radius 2 is 2.30 bits per heavy atom. The third kappa shape index (κ3) is 1.58. The first-order valence-corrected chi connectivity index (χ1v) is 6.59. The first-order valence-electron chi connectivity index (χ1n) is 6.59. The summed E-state index contributed by atoms with van der Waals surface area (Å²) in [7, 11) is 1.92. The van der Waals surface area contributed by atoms with Gasteiger partial charge in [-0.15, -0.1) is 0 Å². The van der Waals surface area contributed by atoms with Crippen LogP contribution >= 0.6 is 0 Å².